The zero-order valence-electron chi connectivity index (χ0n) is 47.8. The van der Waals surface area contributed by atoms with Crippen LogP contribution in [0.25, 0.3) is 0 Å². The number of fused-ring (bicyclic) bond motifs is 7. The molecule has 7 saturated heterocycles. The number of hydrogen-bond acceptors (Lipinski definition) is 28. The summed E-state index contributed by atoms with van der Waals surface area (Å²) in [6.45, 7) is 5.79. The fourth-order valence-electron chi connectivity index (χ4n) is 17.4. The van der Waals surface area contributed by atoms with Gasteiger partial charge in [0.1, 0.15) is 116 Å². The molecule has 11 aliphatic rings. The first-order valence-electron chi connectivity index (χ1n) is 30.3. The lowest BCUT2D eigenvalue weighted by atomic mass is 9.44. The molecule has 4 aliphatic carbocycles. The van der Waals surface area contributed by atoms with Crippen LogP contribution in [0.15, 0.2) is 0 Å². The van der Waals surface area contributed by atoms with E-state index >= 15 is 0 Å². The maximum atomic E-state index is 12.0. The molecule has 0 aromatic heterocycles. The Morgan fingerprint density at radius 2 is 1.00 bits per heavy atom. The highest BCUT2D eigenvalue weighted by Crippen LogP contribution is 2.71. The van der Waals surface area contributed by atoms with Crippen LogP contribution in [0, 0.1) is 52.3 Å². The summed E-state index contributed by atoms with van der Waals surface area (Å²) in [5.41, 5.74) is -0.125. The molecular weight excluding hydrogens is 1120 g/mol. The molecule has 16 N–H and O–H groups in total. The molecule has 0 radical (unpaired) electrons. The van der Waals surface area contributed by atoms with Crippen LogP contribution in [0.4, 0.5) is 0 Å². The lowest BCUT2D eigenvalue weighted by molar-refractivity contribution is -0.410. The smallest absolute Gasteiger partial charge is 0.187 e. The molecular formula is C56H92O28. The summed E-state index contributed by atoms with van der Waals surface area (Å²) in [6.07, 6.45) is -38.7. The second kappa shape index (κ2) is 25.2. The molecule has 28 heteroatoms. The van der Waals surface area contributed by atoms with E-state index in [0.29, 0.717) is 42.4 Å². The average Bonchev–Trinajstić information content (AvgIpc) is 1.54. The maximum absolute atomic E-state index is 12.0. The maximum Gasteiger partial charge on any atom is 0.187 e. The first-order chi connectivity index (χ1) is 39.9. The molecule has 0 unspecified atom stereocenters. The van der Waals surface area contributed by atoms with Crippen LogP contribution in [-0.4, -0.2) is 293 Å². The van der Waals surface area contributed by atoms with Crippen LogP contribution in [0.5, 0.6) is 0 Å². The van der Waals surface area contributed by atoms with Gasteiger partial charge in [-0.15, -0.1) is 0 Å². The Labute approximate surface area is 486 Å². The second-order valence-corrected chi connectivity index (χ2v) is 26.8. The van der Waals surface area contributed by atoms with Crippen molar-refractivity contribution in [1.29, 1.82) is 0 Å². The molecule has 0 aromatic carbocycles. The lowest BCUT2D eigenvalue weighted by Gasteiger charge is -2.62. The van der Waals surface area contributed by atoms with Crippen LogP contribution in [0.1, 0.15) is 85.5 Å². The zero-order valence-corrected chi connectivity index (χ0v) is 47.8. The SMILES string of the molecule is C[C@H]1CC[C@@]2(OC1)O[C@H]1C[C@H]3[C@@H]4CC[C@H]5C[C@@H](O[C@@H]6O[C@H](CO)[C@H](O[C@@H]7O[C@H](CO)[C@@H](O)[C@H](O[C@@H]8O[C@H](CO)[C@@H](O[C@@H]9OC[C@@H](O)[C@H](O)[C@H]9O)[C@H](O)[C@H]8O)[C@H]7O[C@@H]7O[C@H](CO)[C@@H](O)[C@H](O)[C@H]7O)[C@H](O)[C@H]6O)[C@H](O)C[C@]5(C)[C@H]4CC[C@]3(C)[C@H]1[C@@H]2C. The standard InChI is InChI=1S/C56H92O28/c1-20-7-10-56(74-18-20)21(2)34-29(84-56)12-25-23-6-5-22-11-28(26(61)13-55(22,4)24(23)8-9-54(25,34)3)75-50-43(71)39(67)46(33(17-60)78-50)81-53-48(83-51-42(70)38(66)36(64)30(14-57)76-51)47(37(65)31(15-58)77-53)82-52-44(72)40(68)45(32(16-59)79-52)80-49-41(69)35(63)27(62)19-73-49/h20-53,57-72H,5-19H2,1-4H3/t20-,21-,22-,23+,24-,25-,26+,27+,28+,29-,30+,31+,32+,33+,34-,35-,36+,37+,38-,39+,40+,41+,42+,43+,44+,45+,46-,47-,48+,49-,50+,51-,52-,53-,54-,55-,56+/m0/s1. The Kier molecular flexibility index (Phi) is 19.3. The van der Waals surface area contributed by atoms with Gasteiger partial charge in [0.25, 0.3) is 0 Å². The Hall–Kier alpha value is -1.12. The van der Waals surface area contributed by atoms with Gasteiger partial charge in [-0.1, -0.05) is 27.7 Å². The van der Waals surface area contributed by atoms with E-state index in [2.05, 4.69) is 27.7 Å². The third-order valence-corrected chi connectivity index (χ3v) is 22.1. The van der Waals surface area contributed by atoms with Crippen molar-refractivity contribution in [3.63, 3.8) is 0 Å². The van der Waals surface area contributed by atoms with Gasteiger partial charge < -0.3 is 139 Å². The van der Waals surface area contributed by atoms with Crippen molar-refractivity contribution in [2.45, 2.75) is 257 Å². The van der Waals surface area contributed by atoms with Crippen LogP contribution in [0.2, 0.25) is 0 Å². The van der Waals surface area contributed by atoms with Crippen LogP contribution >= 0.6 is 0 Å². The summed E-state index contributed by atoms with van der Waals surface area (Å²) in [4.78, 5) is 0. The average molecular weight is 1210 g/mol. The summed E-state index contributed by atoms with van der Waals surface area (Å²) in [6, 6.07) is 0. The first kappa shape index (κ1) is 64.4. The number of aliphatic hydroxyl groups is 16. The Balaban J connectivity index is 0.781. The van der Waals surface area contributed by atoms with E-state index in [1.807, 2.05) is 0 Å². The van der Waals surface area contributed by atoms with E-state index in [9.17, 15) is 81.7 Å². The van der Waals surface area contributed by atoms with Gasteiger partial charge in [0.15, 0.2) is 37.2 Å². The molecule has 7 aliphatic heterocycles. The van der Waals surface area contributed by atoms with Crippen LogP contribution in [0.3, 0.4) is 0 Å². The minimum absolute atomic E-state index is 0.102. The van der Waals surface area contributed by atoms with Crippen molar-refractivity contribution in [3.05, 3.63) is 0 Å². The molecule has 37 atom stereocenters. The van der Waals surface area contributed by atoms with Gasteiger partial charge in [0, 0.05) is 12.3 Å². The summed E-state index contributed by atoms with van der Waals surface area (Å²) >= 11 is 0. The van der Waals surface area contributed by atoms with E-state index in [4.69, 9.17) is 56.8 Å². The van der Waals surface area contributed by atoms with Crippen molar-refractivity contribution in [2.75, 3.05) is 39.6 Å². The Morgan fingerprint density at radius 3 is 1.62 bits per heavy atom. The third-order valence-electron chi connectivity index (χ3n) is 22.1. The van der Waals surface area contributed by atoms with Crippen molar-refractivity contribution in [2.24, 2.45) is 52.3 Å². The zero-order chi connectivity index (χ0) is 60.2. The van der Waals surface area contributed by atoms with Gasteiger partial charge >= 0.3 is 0 Å². The van der Waals surface area contributed by atoms with Gasteiger partial charge in [0.2, 0.25) is 0 Å². The Bertz CT molecular complexity index is 2180. The second-order valence-electron chi connectivity index (χ2n) is 26.8. The lowest BCUT2D eigenvalue weighted by Crippen LogP contribution is -2.69. The normalized spacial score (nSPS) is 57.7. The van der Waals surface area contributed by atoms with Crippen LogP contribution in [-0.2, 0) is 56.8 Å². The number of aliphatic hydroxyl groups excluding tert-OH is 16. The summed E-state index contributed by atoms with van der Waals surface area (Å²) in [7, 11) is 0. The molecule has 11 rings (SSSR count). The van der Waals surface area contributed by atoms with E-state index in [-0.39, 0.29) is 28.8 Å². The minimum atomic E-state index is -2.17. The molecule has 0 aromatic rings. The van der Waals surface area contributed by atoms with Gasteiger partial charge in [-0.25, -0.2) is 0 Å². The predicted molar refractivity (Wildman–Crippen MR) is 276 cm³/mol. The molecule has 11 fully saturated rings. The molecule has 84 heavy (non-hydrogen) atoms. The monoisotopic (exact) mass is 1210 g/mol. The topological polar surface area (TPSA) is 434 Å². The number of rotatable bonds is 14. The third kappa shape index (κ3) is 11.2. The molecule has 4 saturated carbocycles. The molecule has 0 amide bonds. The van der Waals surface area contributed by atoms with Gasteiger partial charge in [-0.05, 0) is 97.7 Å². The number of ether oxygens (including phenoxy) is 12. The highest BCUT2D eigenvalue weighted by Gasteiger charge is 2.70. The van der Waals surface area contributed by atoms with Crippen molar-refractivity contribution >= 4 is 0 Å². The Morgan fingerprint density at radius 1 is 0.452 bits per heavy atom. The van der Waals surface area contributed by atoms with E-state index in [0.717, 1.165) is 51.6 Å². The fraction of sp³-hybridized carbons (Fsp3) is 1.00. The van der Waals surface area contributed by atoms with Gasteiger partial charge in [-0.3, -0.25) is 0 Å². The first-order valence-corrected chi connectivity index (χ1v) is 30.3. The van der Waals surface area contributed by atoms with E-state index in [1.54, 1.807) is 0 Å². The summed E-state index contributed by atoms with van der Waals surface area (Å²) in [5.74, 6) is 2.11. The van der Waals surface area contributed by atoms with Crippen molar-refractivity contribution in [1.82, 2.24) is 0 Å². The fourth-order valence-corrected chi connectivity index (χ4v) is 17.4. The summed E-state index contributed by atoms with van der Waals surface area (Å²) < 4.78 is 72.9. The predicted octanol–water partition coefficient (Wildman–Crippen LogP) is -5.48. The van der Waals surface area contributed by atoms with E-state index in [1.165, 1.54) is 0 Å². The number of hydrogen-bond donors (Lipinski definition) is 16. The molecule has 1 spiro atoms. The quantitative estimate of drug-likeness (QED) is 0.0722. The molecule has 0 bridgehead atoms. The van der Waals surface area contributed by atoms with Gasteiger partial charge in [0.05, 0.1) is 58.0 Å². The summed E-state index contributed by atoms with van der Waals surface area (Å²) in [5, 5.41) is 176. The molecule has 28 nitrogen and oxygen atoms in total. The van der Waals surface area contributed by atoms with Crippen LogP contribution < -0.4 is 0 Å². The highest BCUT2D eigenvalue weighted by molar-refractivity contribution is 5.16. The highest BCUT2D eigenvalue weighted by atomic mass is 16.8. The van der Waals surface area contributed by atoms with Crippen molar-refractivity contribution < 1.29 is 139 Å². The minimum Gasteiger partial charge on any atom is -0.394 e. The molecule has 7 heterocycles. The van der Waals surface area contributed by atoms with Crippen molar-refractivity contribution in [3.8, 4) is 0 Å². The molecule has 484 valence electrons. The van der Waals surface area contributed by atoms with Gasteiger partial charge in [-0.2, -0.15) is 0 Å². The van der Waals surface area contributed by atoms with E-state index < -0.39 is 198 Å². The largest absolute Gasteiger partial charge is 0.394 e.